The van der Waals surface area contributed by atoms with Gasteiger partial charge in [0.25, 0.3) is 0 Å². The minimum absolute atomic E-state index is 0.280. The van der Waals surface area contributed by atoms with Crippen LogP contribution in [0.3, 0.4) is 0 Å². The van der Waals surface area contributed by atoms with Crippen LogP contribution in [0, 0.1) is 0 Å². The zero-order chi connectivity index (χ0) is 20.0. The highest BCUT2D eigenvalue weighted by Crippen LogP contribution is 2.21. The van der Waals surface area contributed by atoms with Crippen LogP contribution in [-0.2, 0) is 21.4 Å². The fourth-order valence-corrected chi connectivity index (χ4v) is 3.33. The van der Waals surface area contributed by atoms with Crippen molar-refractivity contribution in [1.29, 1.82) is 0 Å². The molecule has 0 unspecified atom stereocenters. The van der Waals surface area contributed by atoms with E-state index in [1.54, 1.807) is 38.4 Å². The number of likely N-dealkylation sites (N-methyl/N-ethyl adjacent to an activating group) is 1. The Morgan fingerprint density at radius 3 is 1.85 bits per heavy atom. The van der Waals surface area contributed by atoms with Gasteiger partial charge in [0.2, 0.25) is 15.9 Å². The molecule has 0 aromatic heterocycles. The minimum Gasteiger partial charge on any atom is -0.497 e. The molecule has 0 atom stereocenters. The number of carbonyl (C=O) groups is 1. The van der Waals surface area contributed by atoms with Gasteiger partial charge in [0.1, 0.15) is 18.0 Å². The molecular formula is C19H24N2O5S. The molecule has 27 heavy (non-hydrogen) atoms. The van der Waals surface area contributed by atoms with E-state index in [9.17, 15) is 13.2 Å². The molecule has 7 nitrogen and oxygen atoms in total. The van der Waals surface area contributed by atoms with Crippen LogP contribution in [0.4, 0.5) is 5.69 Å². The van der Waals surface area contributed by atoms with E-state index in [4.69, 9.17) is 9.47 Å². The van der Waals surface area contributed by atoms with Crippen molar-refractivity contribution >= 4 is 21.6 Å². The Bertz CT molecular complexity index is 864. The molecule has 0 N–H and O–H groups in total. The summed E-state index contributed by atoms with van der Waals surface area (Å²) in [5.74, 6) is 1.03. The van der Waals surface area contributed by atoms with Gasteiger partial charge in [-0.2, -0.15) is 0 Å². The Hall–Kier alpha value is -2.74. The third-order valence-electron chi connectivity index (χ3n) is 4.04. The number of hydrogen-bond acceptors (Lipinski definition) is 5. The number of methoxy groups -OCH3 is 2. The van der Waals surface area contributed by atoms with E-state index >= 15 is 0 Å². The van der Waals surface area contributed by atoms with E-state index < -0.39 is 10.0 Å². The lowest BCUT2D eigenvalue weighted by atomic mass is 10.2. The quantitative estimate of drug-likeness (QED) is 0.688. The number of sulfonamides is 1. The first-order valence-electron chi connectivity index (χ1n) is 8.23. The molecule has 0 aliphatic heterocycles. The largest absolute Gasteiger partial charge is 0.497 e. The molecule has 0 radical (unpaired) electrons. The number of ether oxygens (including phenoxy) is 2. The van der Waals surface area contributed by atoms with Gasteiger partial charge in [0, 0.05) is 13.6 Å². The Balaban J connectivity index is 2.12. The zero-order valence-corrected chi connectivity index (χ0v) is 16.7. The molecular weight excluding hydrogens is 368 g/mol. The molecule has 0 bridgehead atoms. The van der Waals surface area contributed by atoms with Crippen molar-refractivity contribution in [2.75, 3.05) is 38.4 Å². The van der Waals surface area contributed by atoms with Gasteiger partial charge >= 0.3 is 0 Å². The van der Waals surface area contributed by atoms with Gasteiger partial charge in [-0.25, -0.2) is 8.42 Å². The zero-order valence-electron chi connectivity index (χ0n) is 15.9. The Kier molecular flexibility index (Phi) is 6.68. The number of carbonyl (C=O) groups excluding carboxylic acids is 1. The normalized spacial score (nSPS) is 11.0. The highest BCUT2D eigenvalue weighted by atomic mass is 32.2. The van der Waals surface area contributed by atoms with E-state index in [1.165, 1.54) is 12.0 Å². The molecule has 0 saturated heterocycles. The van der Waals surface area contributed by atoms with Crippen LogP contribution in [0.25, 0.3) is 0 Å². The Morgan fingerprint density at radius 2 is 1.41 bits per heavy atom. The van der Waals surface area contributed by atoms with E-state index in [-0.39, 0.29) is 12.5 Å². The van der Waals surface area contributed by atoms with E-state index in [0.717, 1.165) is 21.9 Å². The summed E-state index contributed by atoms with van der Waals surface area (Å²) in [5.41, 5.74) is 1.33. The summed E-state index contributed by atoms with van der Waals surface area (Å²) in [6.45, 7) is 0.0842. The van der Waals surface area contributed by atoms with Crippen molar-refractivity contribution in [3.8, 4) is 11.5 Å². The monoisotopic (exact) mass is 392 g/mol. The maximum Gasteiger partial charge on any atom is 0.243 e. The second-order valence-electron chi connectivity index (χ2n) is 6.07. The predicted molar refractivity (Wildman–Crippen MR) is 105 cm³/mol. The first kappa shape index (κ1) is 20.6. The van der Waals surface area contributed by atoms with Crippen LogP contribution in [-0.4, -0.2) is 53.3 Å². The van der Waals surface area contributed by atoms with Crippen LogP contribution in [0.1, 0.15) is 5.56 Å². The minimum atomic E-state index is -3.62. The molecule has 146 valence electrons. The number of anilines is 1. The lowest BCUT2D eigenvalue weighted by Crippen LogP contribution is -2.41. The lowest BCUT2D eigenvalue weighted by Gasteiger charge is -2.25. The SMILES string of the molecule is COc1ccc(CN(C)C(=O)CN(c2ccc(OC)cc2)S(C)(=O)=O)cc1. The van der Waals surface area contributed by atoms with Gasteiger partial charge < -0.3 is 14.4 Å². The number of rotatable bonds is 8. The lowest BCUT2D eigenvalue weighted by molar-refractivity contribution is -0.128. The Labute approximate surface area is 160 Å². The summed E-state index contributed by atoms with van der Waals surface area (Å²) in [6.07, 6.45) is 1.08. The molecule has 0 aliphatic rings. The molecule has 8 heteroatoms. The fraction of sp³-hybridized carbons (Fsp3) is 0.316. The number of amides is 1. The van der Waals surface area contributed by atoms with Gasteiger partial charge in [-0.05, 0) is 42.0 Å². The average Bonchev–Trinajstić information content (AvgIpc) is 2.65. The van der Waals surface area contributed by atoms with Gasteiger partial charge in [0.05, 0.1) is 26.2 Å². The van der Waals surface area contributed by atoms with Gasteiger partial charge in [-0.3, -0.25) is 9.10 Å². The standard InChI is InChI=1S/C19H24N2O5S/c1-20(13-15-5-9-17(25-2)10-6-15)19(22)14-21(27(4,23)24)16-7-11-18(26-3)12-8-16/h5-12H,13-14H2,1-4H3. The highest BCUT2D eigenvalue weighted by molar-refractivity contribution is 7.92. The smallest absolute Gasteiger partial charge is 0.243 e. The molecule has 1 amide bonds. The predicted octanol–water partition coefficient (Wildman–Crippen LogP) is 2.13. The third-order valence-corrected chi connectivity index (χ3v) is 5.18. The highest BCUT2D eigenvalue weighted by Gasteiger charge is 2.22. The van der Waals surface area contributed by atoms with Crippen LogP contribution < -0.4 is 13.8 Å². The number of nitrogens with zero attached hydrogens (tertiary/aromatic N) is 2. The molecule has 0 heterocycles. The number of hydrogen-bond donors (Lipinski definition) is 0. The van der Waals surface area contributed by atoms with Crippen LogP contribution >= 0.6 is 0 Å². The van der Waals surface area contributed by atoms with Crippen molar-refractivity contribution < 1.29 is 22.7 Å². The number of benzene rings is 2. The van der Waals surface area contributed by atoms with Crippen molar-refractivity contribution in [1.82, 2.24) is 4.90 Å². The van der Waals surface area contributed by atoms with E-state index in [1.807, 2.05) is 24.3 Å². The maximum atomic E-state index is 12.6. The summed E-state index contributed by atoms with van der Waals surface area (Å²) in [5, 5.41) is 0. The van der Waals surface area contributed by atoms with Gasteiger partial charge in [-0.1, -0.05) is 12.1 Å². The Morgan fingerprint density at radius 1 is 0.926 bits per heavy atom. The van der Waals surface area contributed by atoms with Crippen LogP contribution in [0.2, 0.25) is 0 Å². The summed E-state index contributed by atoms with van der Waals surface area (Å²) >= 11 is 0. The molecule has 0 aliphatic carbocycles. The molecule has 2 aromatic carbocycles. The molecule has 2 aromatic rings. The molecule has 0 fully saturated rings. The molecule has 2 rings (SSSR count). The van der Waals surface area contributed by atoms with Gasteiger partial charge in [0.15, 0.2) is 0 Å². The van der Waals surface area contributed by atoms with Crippen molar-refractivity contribution in [2.24, 2.45) is 0 Å². The van der Waals surface area contributed by atoms with Crippen molar-refractivity contribution in [3.63, 3.8) is 0 Å². The summed E-state index contributed by atoms with van der Waals surface area (Å²) in [4.78, 5) is 14.1. The maximum absolute atomic E-state index is 12.6. The first-order valence-corrected chi connectivity index (χ1v) is 10.1. The van der Waals surface area contributed by atoms with E-state index in [2.05, 4.69) is 0 Å². The molecule has 0 spiro atoms. The first-order chi connectivity index (χ1) is 12.7. The second kappa shape index (κ2) is 8.77. The fourth-order valence-electron chi connectivity index (χ4n) is 2.49. The van der Waals surface area contributed by atoms with Crippen LogP contribution in [0.5, 0.6) is 11.5 Å². The van der Waals surface area contributed by atoms with Crippen LogP contribution in [0.15, 0.2) is 48.5 Å². The third kappa shape index (κ3) is 5.62. The topological polar surface area (TPSA) is 76.2 Å². The van der Waals surface area contributed by atoms with E-state index in [0.29, 0.717) is 18.0 Å². The summed E-state index contributed by atoms with van der Waals surface area (Å²) in [6, 6.07) is 13.9. The molecule has 0 saturated carbocycles. The summed E-state index contributed by atoms with van der Waals surface area (Å²) in [7, 11) is 1.14. The van der Waals surface area contributed by atoms with Crippen molar-refractivity contribution in [3.05, 3.63) is 54.1 Å². The second-order valence-corrected chi connectivity index (χ2v) is 7.97. The van der Waals surface area contributed by atoms with Gasteiger partial charge in [-0.15, -0.1) is 0 Å². The van der Waals surface area contributed by atoms with Crippen molar-refractivity contribution in [2.45, 2.75) is 6.54 Å². The summed E-state index contributed by atoms with van der Waals surface area (Å²) < 4.78 is 35.6. The average molecular weight is 392 g/mol.